The van der Waals surface area contributed by atoms with E-state index in [2.05, 4.69) is 10.3 Å². The van der Waals surface area contributed by atoms with Crippen LogP contribution >= 0.6 is 12.4 Å². The number of methoxy groups -OCH3 is 2. The van der Waals surface area contributed by atoms with Crippen molar-refractivity contribution >= 4 is 34.7 Å². The second-order valence-electron chi connectivity index (χ2n) is 5.85. The summed E-state index contributed by atoms with van der Waals surface area (Å²) in [4.78, 5) is 4.42. The normalized spacial score (nSPS) is 10.3. The molecule has 3 rings (SSSR count). The summed E-state index contributed by atoms with van der Waals surface area (Å²) in [7, 11) is 3.23. The smallest absolute Gasteiger partial charge is 0.163 e. The molecule has 0 amide bonds. The number of fused-ring (bicyclic) bond motifs is 1. The number of nitrogens with one attached hydrogen (secondary N) is 1. The Morgan fingerprint density at radius 1 is 1.04 bits per heavy atom. The molecule has 0 radical (unpaired) electrons. The van der Waals surface area contributed by atoms with E-state index < -0.39 is 0 Å². The van der Waals surface area contributed by atoms with Crippen LogP contribution in [0, 0.1) is 6.92 Å². The molecule has 2 N–H and O–H groups in total. The molecule has 2 aromatic carbocycles. The Balaban J connectivity index is 0.00000261. The van der Waals surface area contributed by atoms with Crippen molar-refractivity contribution in [1.29, 1.82) is 0 Å². The van der Waals surface area contributed by atoms with Crippen LogP contribution in [0.25, 0.3) is 10.9 Å². The maximum atomic E-state index is 9.91. The molecular formula is C20H23ClN2O4. The number of phenolic OH excluding ortho intramolecular Hbond substituents is 1. The van der Waals surface area contributed by atoms with Crippen LogP contribution < -0.4 is 14.8 Å². The highest BCUT2D eigenvalue weighted by Gasteiger charge is 2.11. The van der Waals surface area contributed by atoms with E-state index in [0.717, 1.165) is 27.8 Å². The van der Waals surface area contributed by atoms with Crippen molar-refractivity contribution in [2.45, 2.75) is 6.92 Å². The number of benzene rings is 2. The van der Waals surface area contributed by atoms with Crippen molar-refractivity contribution in [3.05, 3.63) is 48.2 Å². The number of anilines is 2. The van der Waals surface area contributed by atoms with Crippen molar-refractivity contribution in [1.82, 2.24) is 4.98 Å². The zero-order valence-electron chi connectivity index (χ0n) is 15.5. The van der Waals surface area contributed by atoms with Crippen molar-refractivity contribution in [2.75, 3.05) is 32.8 Å². The third-order valence-corrected chi connectivity index (χ3v) is 4.06. The summed E-state index contributed by atoms with van der Waals surface area (Å²) in [6, 6.07) is 11.1. The number of aryl methyl sites for hydroxylation is 1. The maximum Gasteiger partial charge on any atom is 0.163 e. The number of rotatable bonds is 7. The summed E-state index contributed by atoms with van der Waals surface area (Å²) in [6.07, 6.45) is 1.73. The summed E-state index contributed by atoms with van der Waals surface area (Å²) >= 11 is 0. The fourth-order valence-corrected chi connectivity index (χ4v) is 2.61. The van der Waals surface area contributed by atoms with Crippen molar-refractivity contribution < 1.29 is 19.3 Å². The minimum absolute atomic E-state index is 0. The molecule has 0 unspecified atom stereocenters. The van der Waals surface area contributed by atoms with E-state index in [1.807, 2.05) is 37.3 Å². The summed E-state index contributed by atoms with van der Waals surface area (Å²) < 4.78 is 16.2. The van der Waals surface area contributed by atoms with Crippen LogP contribution in [0.1, 0.15) is 5.56 Å². The second-order valence-corrected chi connectivity index (χ2v) is 5.85. The van der Waals surface area contributed by atoms with Gasteiger partial charge >= 0.3 is 0 Å². The summed E-state index contributed by atoms with van der Waals surface area (Å²) in [5, 5.41) is 14.1. The number of halogens is 1. The van der Waals surface area contributed by atoms with Gasteiger partial charge in [0, 0.05) is 42.2 Å². The van der Waals surface area contributed by atoms with Gasteiger partial charge in [-0.05, 0) is 30.7 Å². The molecule has 0 aliphatic rings. The van der Waals surface area contributed by atoms with Crippen molar-refractivity contribution in [3.63, 3.8) is 0 Å². The lowest BCUT2D eigenvalue weighted by atomic mass is 10.1. The van der Waals surface area contributed by atoms with Gasteiger partial charge in [-0.15, -0.1) is 12.4 Å². The Hall–Kier alpha value is -2.70. The predicted molar refractivity (Wildman–Crippen MR) is 109 cm³/mol. The quantitative estimate of drug-likeness (QED) is 0.581. The van der Waals surface area contributed by atoms with Gasteiger partial charge in [0.25, 0.3) is 0 Å². The fraction of sp³-hybridized carbons (Fsp3) is 0.250. The van der Waals surface area contributed by atoms with Gasteiger partial charge in [0.15, 0.2) is 11.5 Å². The highest BCUT2D eigenvalue weighted by Crippen LogP contribution is 2.36. The number of hydrogen-bond acceptors (Lipinski definition) is 6. The largest absolute Gasteiger partial charge is 0.508 e. The van der Waals surface area contributed by atoms with Gasteiger partial charge in [-0.1, -0.05) is 6.07 Å². The molecule has 0 bridgehead atoms. The number of aromatic hydroxyl groups is 1. The monoisotopic (exact) mass is 390 g/mol. The number of hydrogen-bond donors (Lipinski definition) is 2. The van der Waals surface area contributed by atoms with Crippen LogP contribution in [0.3, 0.4) is 0 Å². The summed E-state index contributed by atoms with van der Waals surface area (Å²) in [6.45, 7) is 2.78. The van der Waals surface area contributed by atoms with Gasteiger partial charge < -0.3 is 24.6 Å². The molecule has 1 heterocycles. The third-order valence-electron chi connectivity index (χ3n) is 4.06. The third kappa shape index (κ3) is 4.72. The van der Waals surface area contributed by atoms with Crippen LogP contribution in [0.4, 0.5) is 11.4 Å². The molecule has 7 heteroatoms. The Bertz CT molecular complexity index is 918. The lowest BCUT2D eigenvalue weighted by molar-refractivity contribution is 0.144. The lowest BCUT2D eigenvalue weighted by Crippen LogP contribution is -2.05. The van der Waals surface area contributed by atoms with E-state index in [1.165, 1.54) is 0 Å². The van der Waals surface area contributed by atoms with Crippen molar-refractivity contribution in [2.24, 2.45) is 0 Å². The lowest BCUT2D eigenvalue weighted by Gasteiger charge is -2.14. The molecule has 0 aliphatic heterocycles. The Kier molecular flexibility index (Phi) is 7.10. The minimum atomic E-state index is 0. The molecule has 0 fully saturated rings. The molecule has 0 atom stereocenters. The van der Waals surface area contributed by atoms with E-state index in [-0.39, 0.29) is 18.2 Å². The minimum Gasteiger partial charge on any atom is -0.508 e. The Morgan fingerprint density at radius 2 is 1.85 bits per heavy atom. The number of nitrogens with zero attached hydrogens (tertiary/aromatic N) is 1. The first-order valence-electron chi connectivity index (χ1n) is 8.27. The van der Waals surface area contributed by atoms with Gasteiger partial charge in [0.2, 0.25) is 0 Å². The fourth-order valence-electron chi connectivity index (χ4n) is 2.61. The molecule has 0 saturated heterocycles. The average molecular weight is 391 g/mol. The van der Waals surface area contributed by atoms with Crippen LogP contribution in [0.2, 0.25) is 0 Å². The molecule has 6 nitrogen and oxygen atoms in total. The Morgan fingerprint density at radius 3 is 2.56 bits per heavy atom. The zero-order chi connectivity index (χ0) is 18.5. The first-order chi connectivity index (χ1) is 12.6. The standard InChI is InChI=1S/C20H22N2O4.ClH/c1-13-4-5-14(10-18(13)23)22-16-6-7-21-17-12-20(26-9-8-24-2)19(25-3)11-15(16)17;/h4-7,10-12,23H,8-9H2,1-3H3,(H,21,22);1H. The van der Waals surface area contributed by atoms with Crippen LogP contribution in [0.15, 0.2) is 42.6 Å². The molecule has 0 saturated carbocycles. The first kappa shape index (κ1) is 20.6. The molecule has 27 heavy (non-hydrogen) atoms. The summed E-state index contributed by atoms with van der Waals surface area (Å²) in [5.41, 5.74) is 3.26. The summed E-state index contributed by atoms with van der Waals surface area (Å²) in [5.74, 6) is 1.49. The number of phenols is 1. The van der Waals surface area contributed by atoms with E-state index in [1.54, 1.807) is 26.5 Å². The highest BCUT2D eigenvalue weighted by atomic mass is 35.5. The van der Waals surface area contributed by atoms with E-state index >= 15 is 0 Å². The van der Waals surface area contributed by atoms with Crippen LogP contribution in [0.5, 0.6) is 17.2 Å². The molecule has 144 valence electrons. The SMILES string of the molecule is COCCOc1cc2nccc(Nc3ccc(C)c(O)c3)c2cc1OC.Cl. The van der Waals surface area contributed by atoms with E-state index in [9.17, 15) is 5.11 Å². The van der Waals surface area contributed by atoms with Crippen molar-refractivity contribution in [3.8, 4) is 17.2 Å². The number of pyridine rings is 1. The van der Waals surface area contributed by atoms with Crippen LogP contribution in [-0.4, -0.2) is 37.5 Å². The van der Waals surface area contributed by atoms with Gasteiger partial charge in [-0.25, -0.2) is 0 Å². The second kappa shape index (κ2) is 9.30. The maximum absolute atomic E-state index is 9.91. The molecule has 3 aromatic rings. The topological polar surface area (TPSA) is 72.8 Å². The van der Waals surface area contributed by atoms with E-state index in [4.69, 9.17) is 14.2 Å². The van der Waals surface area contributed by atoms with Gasteiger partial charge in [-0.3, -0.25) is 4.98 Å². The van der Waals surface area contributed by atoms with E-state index in [0.29, 0.717) is 24.7 Å². The van der Waals surface area contributed by atoms with Crippen LogP contribution in [-0.2, 0) is 4.74 Å². The number of aromatic nitrogens is 1. The first-order valence-corrected chi connectivity index (χ1v) is 8.27. The zero-order valence-corrected chi connectivity index (χ0v) is 16.3. The van der Waals surface area contributed by atoms with Gasteiger partial charge in [0.05, 0.1) is 19.2 Å². The molecule has 0 spiro atoms. The average Bonchev–Trinajstić information content (AvgIpc) is 2.64. The highest BCUT2D eigenvalue weighted by molar-refractivity contribution is 5.95. The van der Waals surface area contributed by atoms with Gasteiger partial charge in [-0.2, -0.15) is 0 Å². The molecule has 1 aromatic heterocycles. The molecular weight excluding hydrogens is 368 g/mol. The van der Waals surface area contributed by atoms with Gasteiger partial charge in [0.1, 0.15) is 12.4 Å². The molecule has 0 aliphatic carbocycles. The number of ether oxygens (including phenoxy) is 3. The Labute approximate surface area is 164 Å². The predicted octanol–water partition coefficient (Wildman–Crippen LogP) is 4.45.